The van der Waals surface area contributed by atoms with Gasteiger partial charge in [0, 0.05) is 24.4 Å². The molecule has 0 bridgehead atoms. The normalized spacial score (nSPS) is 16.8. The number of oxime groups is 1. The fraction of sp³-hybridized carbons (Fsp3) is 0.133. The van der Waals surface area contributed by atoms with E-state index in [0.717, 1.165) is 24.3 Å². The van der Waals surface area contributed by atoms with E-state index in [9.17, 15) is 17.6 Å². The highest BCUT2D eigenvalue weighted by atomic mass is 32.2. The van der Waals surface area contributed by atoms with E-state index in [-0.39, 0.29) is 11.3 Å². The van der Waals surface area contributed by atoms with Crippen LogP contribution in [0, 0.1) is 5.82 Å². The Kier molecular flexibility index (Phi) is 4.72. The molecular formula is C15H13FN4O4S. The third kappa shape index (κ3) is 3.98. The Morgan fingerprint density at radius 3 is 2.68 bits per heavy atom. The molecule has 25 heavy (non-hydrogen) atoms. The molecule has 0 spiro atoms. The Balaban J connectivity index is 1.58. The van der Waals surface area contributed by atoms with Gasteiger partial charge in [-0.05, 0) is 36.4 Å². The lowest BCUT2D eigenvalue weighted by atomic mass is 10.1. The van der Waals surface area contributed by atoms with Crippen molar-refractivity contribution in [2.24, 2.45) is 5.16 Å². The topological polar surface area (TPSA) is 110 Å². The maximum atomic E-state index is 12.9. The van der Waals surface area contributed by atoms with E-state index in [4.69, 9.17) is 4.84 Å². The molecule has 1 aliphatic heterocycles. The lowest BCUT2D eigenvalue weighted by Crippen LogP contribution is -2.46. The molecule has 0 saturated carbocycles. The van der Waals surface area contributed by atoms with Gasteiger partial charge in [-0.15, -0.1) is 4.83 Å². The first-order chi connectivity index (χ1) is 12.0. The summed E-state index contributed by atoms with van der Waals surface area (Å²) >= 11 is 0. The van der Waals surface area contributed by atoms with Crippen LogP contribution in [0.1, 0.15) is 12.0 Å². The van der Waals surface area contributed by atoms with Crippen LogP contribution in [-0.2, 0) is 19.7 Å². The molecule has 0 aliphatic carbocycles. The molecule has 0 unspecified atom stereocenters. The van der Waals surface area contributed by atoms with Crippen LogP contribution in [0.4, 0.5) is 4.39 Å². The predicted molar refractivity (Wildman–Crippen MR) is 85.1 cm³/mol. The lowest BCUT2D eigenvalue weighted by Gasteiger charge is -2.11. The van der Waals surface area contributed by atoms with Gasteiger partial charge >= 0.3 is 0 Å². The highest BCUT2D eigenvalue weighted by Gasteiger charge is 2.30. The van der Waals surface area contributed by atoms with Gasteiger partial charge in [0.25, 0.3) is 15.9 Å². The zero-order chi connectivity index (χ0) is 17.9. The van der Waals surface area contributed by atoms with Crippen LogP contribution in [0.5, 0.6) is 0 Å². The highest BCUT2D eigenvalue weighted by Crippen LogP contribution is 2.16. The molecule has 1 aromatic carbocycles. The van der Waals surface area contributed by atoms with Crippen LogP contribution in [0.2, 0.25) is 0 Å². The van der Waals surface area contributed by atoms with E-state index >= 15 is 0 Å². The van der Waals surface area contributed by atoms with Crippen molar-refractivity contribution in [2.75, 3.05) is 0 Å². The van der Waals surface area contributed by atoms with E-state index in [2.05, 4.69) is 15.6 Å². The van der Waals surface area contributed by atoms with Crippen LogP contribution in [-0.4, -0.2) is 31.1 Å². The van der Waals surface area contributed by atoms with Gasteiger partial charge in [0.1, 0.15) is 5.82 Å². The van der Waals surface area contributed by atoms with Gasteiger partial charge in [-0.25, -0.2) is 12.8 Å². The Morgan fingerprint density at radius 2 is 2.00 bits per heavy atom. The standard InChI is InChI=1S/C15H13FN4O4S/c16-11-3-5-12(6-4-11)25(22,23)20-18-15(21)14-8-13(19-24-14)10-2-1-7-17-9-10/h1-7,9,14,20H,8H2,(H,18,21)/t14-/m0/s1. The molecule has 1 atom stereocenters. The first-order valence-electron chi connectivity index (χ1n) is 7.16. The molecule has 8 nitrogen and oxygen atoms in total. The molecule has 1 aliphatic rings. The lowest BCUT2D eigenvalue weighted by molar-refractivity contribution is -0.131. The third-order valence-electron chi connectivity index (χ3n) is 3.39. The number of halogens is 1. The van der Waals surface area contributed by atoms with Crippen LogP contribution in [0.25, 0.3) is 0 Å². The van der Waals surface area contributed by atoms with Crippen molar-refractivity contribution < 1.29 is 22.4 Å². The Hall–Kier alpha value is -2.85. The summed E-state index contributed by atoms with van der Waals surface area (Å²) in [5.41, 5.74) is 3.31. The third-order valence-corrected chi connectivity index (χ3v) is 4.65. The smallest absolute Gasteiger partial charge is 0.279 e. The number of pyridine rings is 1. The monoisotopic (exact) mass is 364 g/mol. The summed E-state index contributed by atoms with van der Waals surface area (Å²) in [5, 5.41) is 3.82. The first kappa shape index (κ1) is 17.0. The first-order valence-corrected chi connectivity index (χ1v) is 8.64. The fourth-order valence-electron chi connectivity index (χ4n) is 2.09. The Morgan fingerprint density at radius 1 is 1.24 bits per heavy atom. The molecule has 1 amide bonds. The maximum Gasteiger partial charge on any atom is 0.279 e. The number of rotatable bonds is 5. The molecule has 3 rings (SSSR count). The minimum absolute atomic E-state index is 0.176. The minimum Gasteiger partial charge on any atom is -0.382 e. The molecule has 2 N–H and O–H groups in total. The Labute approximate surface area is 142 Å². The van der Waals surface area contributed by atoms with Gasteiger partial charge in [-0.1, -0.05) is 5.16 Å². The molecule has 0 radical (unpaired) electrons. The fourth-order valence-corrected chi connectivity index (χ4v) is 2.94. The second kappa shape index (κ2) is 6.95. The maximum absolute atomic E-state index is 12.9. The van der Waals surface area contributed by atoms with Crippen LogP contribution < -0.4 is 10.3 Å². The van der Waals surface area contributed by atoms with E-state index < -0.39 is 27.9 Å². The van der Waals surface area contributed by atoms with Crippen LogP contribution >= 0.6 is 0 Å². The number of aromatic nitrogens is 1. The number of amides is 1. The van der Waals surface area contributed by atoms with E-state index in [1.807, 2.05) is 4.83 Å². The van der Waals surface area contributed by atoms with Gasteiger partial charge in [0.2, 0.25) is 6.10 Å². The molecule has 130 valence electrons. The number of sulfonamides is 1. The van der Waals surface area contributed by atoms with E-state index in [1.54, 1.807) is 24.5 Å². The predicted octanol–water partition coefficient (Wildman–Crippen LogP) is 0.723. The van der Waals surface area contributed by atoms with Gasteiger partial charge in [-0.3, -0.25) is 15.2 Å². The van der Waals surface area contributed by atoms with Gasteiger partial charge in [0.15, 0.2) is 0 Å². The molecule has 1 aromatic heterocycles. The number of carbonyl (C=O) groups is 1. The van der Waals surface area contributed by atoms with Gasteiger partial charge in [0.05, 0.1) is 10.6 Å². The van der Waals surface area contributed by atoms with E-state index in [1.165, 1.54) is 0 Å². The number of hydrogen-bond donors (Lipinski definition) is 2. The van der Waals surface area contributed by atoms with Crippen molar-refractivity contribution in [3.63, 3.8) is 0 Å². The second-order valence-corrected chi connectivity index (χ2v) is 6.81. The molecule has 0 fully saturated rings. The average molecular weight is 364 g/mol. The second-order valence-electron chi connectivity index (χ2n) is 5.13. The summed E-state index contributed by atoms with van der Waals surface area (Å²) in [6.07, 6.45) is 2.40. The largest absolute Gasteiger partial charge is 0.382 e. The summed E-state index contributed by atoms with van der Waals surface area (Å²) in [6, 6.07) is 7.67. The van der Waals surface area contributed by atoms with Crippen molar-refractivity contribution in [2.45, 2.75) is 17.4 Å². The number of benzene rings is 1. The zero-order valence-corrected chi connectivity index (χ0v) is 13.5. The molecule has 10 heteroatoms. The SMILES string of the molecule is O=C(NNS(=O)(=O)c1ccc(F)cc1)[C@@H]1CC(c2cccnc2)=NO1. The molecule has 2 heterocycles. The highest BCUT2D eigenvalue weighted by molar-refractivity contribution is 7.89. The van der Waals surface area contributed by atoms with Crippen molar-refractivity contribution in [1.29, 1.82) is 0 Å². The summed E-state index contributed by atoms with van der Waals surface area (Å²) in [6.45, 7) is 0. The minimum atomic E-state index is -4.02. The van der Waals surface area contributed by atoms with Crippen molar-refractivity contribution in [3.05, 3.63) is 60.2 Å². The molecule has 0 saturated heterocycles. The number of hydrogen-bond acceptors (Lipinski definition) is 6. The number of nitrogens with one attached hydrogen (secondary N) is 2. The van der Waals surface area contributed by atoms with Gasteiger partial charge < -0.3 is 4.84 Å². The molecular weight excluding hydrogens is 351 g/mol. The zero-order valence-electron chi connectivity index (χ0n) is 12.7. The van der Waals surface area contributed by atoms with Crippen LogP contribution in [0.15, 0.2) is 58.8 Å². The van der Waals surface area contributed by atoms with E-state index in [0.29, 0.717) is 11.3 Å². The average Bonchev–Trinajstić information content (AvgIpc) is 3.11. The number of hydrazine groups is 1. The quantitative estimate of drug-likeness (QED) is 0.760. The summed E-state index contributed by atoms with van der Waals surface area (Å²) in [5.74, 6) is -1.27. The summed E-state index contributed by atoms with van der Waals surface area (Å²) < 4.78 is 36.9. The Bertz CT molecular complexity index is 901. The van der Waals surface area contributed by atoms with Crippen molar-refractivity contribution >= 4 is 21.6 Å². The summed E-state index contributed by atoms with van der Waals surface area (Å²) in [7, 11) is -4.02. The van der Waals surface area contributed by atoms with Crippen LogP contribution in [0.3, 0.4) is 0 Å². The number of nitrogens with zero attached hydrogens (tertiary/aromatic N) is 2. The van der Waals surface area contributed by atoms with Crippen molar-refractivity contribution in [1.82, 2.24) is 15.2 Å². The summed E-state index contributed by atoms with van der Waals surface area (Å²) in [4.78, 5) is 22.8. The number of carbonyl (C=O) groups excluding carboxylic acids is 1. The molecule has 2 aromatic rings. The van der Waals surface area contributed by atoms with Crippen molar-refractivity contribution in [3.8, 4) is 0 Å². The van der Waals surface area contributed by atoms with Gasteiger partial charge in [-0.2, -0.15) is 0 Å².